The predicted molar refractivity (Wildman–Crippen MR) is 78.7 cm³/mol. The fourth-order valence-corrected chi connectivity index (χ4v) is 2.82. The molecule has 1 atom stereocenters. The molecule has 3 nitrogen and oxygen atoms in total. The average Bonchev–Trinajstić information content (AvgIpc) is 2.97. The van der Waals surface area contributed by atoms with Gasteiger partial charge in [-0.25, -0.2) is 9.37 Å². The summed E-state index contributed by atoms with van der Waals surface area (Å²) >= 11 is 5.74. The molecule has 1 aliphatic heterocycles. The number of halogens is 2. The second-order valence-corrected chi connectivity index (χ2v) is 5.46. The maximum Gasteiger partial charge on any atom is 0.255 e. The number of nitrogens with zero attached hydrogens (tertiary/aromatic N) is 2. The van der Waals surface area contributed by atoms with Gasteiger partial charge in [-0.15, -0.1) is 0 Å². The molecule has 1 saturated heterocycles. The van der Waals surface area contributed by atoms with Crippen molar-refractivity contribution in [2.24, 2.45) is 0 Å². The topological polar surface area (TPSA) is 33.2 Å². The van der Waals surface area contributed by atoms with Crippen LogP contribution in [0.3, 0.4) is 0 Å². The lowest BCUT2D eigenvalue weighted by Gasteiger charge is -2.25. The van der Waals surface area contributed by atoms with E-state index in [0.29, 0.717) is 17.3 Å². The maximum atomic E-state index is 13.0. The highest BCUT2D eigenvalue weighted by molar-refractivity contribution is 6.29. The van der Waals surface area contributed by atoms with Crippen molar-refractivity contribution in [2.75, 3.05) is 6.54 Å². The molecule has 1 fully saturated rings. The van der Waals surface area contributed by atoms with Crippen molar-refractivity contribution >= 4 is 17.5 Å². The molecule has 2 aromatic rings. The van der Waals surface area contributed by atoms with Crippen LogP contribution in [-0.4, -0.2) is 22.3 Å². The van der Waals surface area contributed by atoms with Crippen molar-refractivity contribution in [3.63, 3.8) is 0 Å². The molecule has 21 heavy (non-hydrogen) atoms. The quantitative estimate of drug-likeness (QED) is 0.790. The zero-order chi connectivity index (χ0) is 14.8. The Hall–Kier alpha value is -1.94. The summed E-state index contributed by atoms with van der Waals surface area (Å²) in [6.07, 6.45) is 3.32. The van der Waals surface area contributed by atoms with E-state index in [-0.39, 0.29) is 17.8 Å². The van der Waals surface area contributed by atoms with Gasteiger partial charge in [0.1, 0.15) is 11.0 Å². The molecule has 1 amide bonds. The number of rotatable bonds is 2. The minimum Gasteiger partial charge on any atom is -0.332 e. The molecule has 1 unspecified atom stereocenters. The number of aromatic nitrogens is 1. The maximum absolute atomic E-state index is 13.0. The van der Waals surface area contributed by atoms with Crippen LogP contribution in [0.1, 0.15) is 34.8 Å². The fraction of sp³-hybridized carbons (Fsp3) is 0.250. The van der Waals surface area contributed by atoms with Gasteiger partial charge in [0.15, 0.2) is 0 Å². The number of carbonyl (C=O) groups excluding carboxylic acids is 1. The van der Waals surface area contributed by atoms with Gasteiger partial charge in [-0.3, -0.25) is 4.79 Å². The normalized spacial score (nSPS) is 18.0. The third-order valence-corrected chi connectivity index (χ3v) is 3.97. The fourth-order valence-electron chi connectivity index (χ4n) is 2.71. The molecule has 108 valence electrons. The Balaban J connectivity index is 1.85. The van der Waals surface area contributed by atoms with E-state index in [9.17, 15) is 9.18 Å². The van der Waals surface area contributed by atoms with Gasteiger partial charge in [0.2, 0.25) is 0 Å². The van der Waals surface area contributed by atoms with Crippen LogP contribution >= 0.6 is 11.6 Å². The minimum absolute atomic E-state index is 0.00576. The van der Waals surface area contributed by atoms with Crippen molar-refractivity contribution in [1.29, 1.82) is 0 Å². The number of hydrogen-bond acceptors (Lipinski definition) is 2. The van der Waals surface area contributed by atoms with E-state index in [4.69, 9.17) is 11.6 Å². The van der Waals surface area contributed by atoms with Crippen LogP contribution in [0.5, 0.6) is 0 Å². The summed E-state index contributed by atoms with van der Waals surface area (Å²) in [5.41, 5.74) is 1.48. The molecule has 2 heterocycles. The van der Waals surface area contributed by atoms with Crippen molar-refractivity contribution < 1.29 is 9.18 Å². The third-order valence-electron chi connectivity index (χ3n) is 3.74. The van der Waals surface area contributed by atoms with Gasteiger partial charge in [-0.05, 0) is 42.7 Å². The van der Waals surface area contributed by atoms with E-state index in [2.05, 4.69) is 4.98 Å². The van der Waals surface area contributed by atoms with E-state index in [1.807, 2.05) is 4.90 Å². The smallest absolute Gasteiger partial charge is 0.255 e. The Morgan fingerprint density at radius 3 is 2.67 bits per heavy atom. The van der Waals surface area contributed by atoms with Crippen LogP contribution in [0.15, 0.2) is 42.6 Å². The molecule has 0 saturated carbocycles. The van der Waals surface area contributed by atoms with Crippen molar-refractivity contribution in [3.05, 3.63) is 64.7 Å². The zero-order valence-corrected chi connectivity index (χ0v) is 12.1. The Bertz CT molecular complexity index is 642. The number of amides is 1. The molecule has 1 aromatic carbocycles. The zero-order valence-electron chi connectivity index (χ0n) is 11.3. The van der Waals surface area contributed by atoms with Crippen LogP contribution in [0.4, 0.5) is 4.39 Å². The van der Waals surface area contributed by atoms with E-state index < -0.39 is 0 Å². The lowest BCUT2D eigenvalue weighted by molar-refractivity contribution is 0.0735. The van der Waals surface area contributed by atoms with Crippen LogP contribution < -0.4 is 0 Å². The van der Waals surface area contributed by atoms with Crippen molar-refractivity contribution in [1.82, 2.24) is 9.88 Å². The number of carbonyl (C=O) groups is 1. The van der Waals surface area contributed by atoms with E-state index >= 15 is 0 Å². The van der Waals surface area contributed by atoms with Gasteiger partial charge in [-0.1, -0.05) is 23.7 Å². The summed E-state index contributed by atoms with van der Waals surface area (Å²) in [5, 5.41) is 0.364. The number of benzene rings is 1. The van der Waals surface area contributed by atoms with Crippen LogP contribution in [0.25, 0.3) is 0 Å². The molecular weight excluding hydrogens is 291 g/mol. The Morgan fingerprint density at radius 2 is 2.00 bits per heavy atom. The lowest BCUT2D eigenvalue weighted by Crippen LogP contribution is -2.30. The molecule has 0 radical (unpaired) electrons. The first-order valence-electron chi connectivity index (χ1n) is 6.83. The summed E-state index contributed by atoms with van der Waals surface area (Å²) in [7, 11) is 0. The van der Waals surface area contributed by atoms with Crippen LogP contribution in [-0.2, 0) is 0 Å². The largest absolute Gasteiger partial charge is 0.332 e. The second kappa shape index (κ2) is 5.82. The molecule has 0 spiro atoms. The monoisotopic (exact) mass is 304 g/mol. The molecule has 0 aliphatic carbocycles. The Kier molecular flexibility index (Phi) is 3.88. The molecule has 5 heteroatoms. The van der Waals surface area contributed by atoms with E-state index in [1.165, 1.54) is 18.3 Å². The third kappa shape index (κ3) is 2.90. The van der Waals surface area contributed by atoms with E-state index in [0.717, 1.165) is 18.4 Å². The SMILES string of the molecule is O=C(c1ccc(Cl)nc1)N1CCCC1c1ccc(F)cc1. The number of hydrogen-bond donors (Lipinski definition) is 0. The highest BCUT2D eigenvalue weighted by Crippen LogP contribution is 2.33. The van der Waals surface area contributed by atoms with Crippen molar-refractivity contribution in [2.45, 2.75) is 18.9 Å². The first kappa shape index (κ1) is 14.0. The first-order chi connectivity index (χ1) is 10.1. The van der Waals surface area contributed by atoms with Gasteiger partial charge < -0.3 is 4.90 Å². The minimum atomic E-state index is -0.267. The summed E-state index contributed by atoms with van der Waals surface area (Å²) in [6.45, 7) is 0.698. The van der Waals surface area contributed by atoms with Crippen molar-refractivity contribution in [3.8, 4) is 0 Å². The van der Waals surface area contributed by atoms with Crippen LogP contribution in [0.2, 0.25) is 5.15 Å². The molecule has 0 bridgehead atoms. The predicted octanol–water partition coefficient (Wildman–Crippen LogP) is 3.85. The molecule has 0 N–H and O–H groups in total. The van der Waals surface area contributed by atoms with Gasteiger partial charge in [-0.2, -0.15) is 0 Å². The van der Waals surface area contributed by atoms with Gasteiger partial charge in [0, 0.05) is 12.7 Å². The summed E-state index contributed by atoms with van der Waals surface area (Å²) in [6, 6.07) is 9.63. The van der Waals surface area contributed by atoms with Gasteiger partial charge in [0.25, 0.3) is 5.91 Å². The molecule has 3 rings (SSSR count). The molecule has 1 aromatic heterocycles. The van der Waals surface area contributed by atoms with Crippen LogP contribution in [0, 0.1) is 5.82 Å². The van der Waals surface area contributed by atoms with Gasteiger partial charge >= 0.3 is 0 Å². The first-order valence-corrected chi connectivity index (χ1v) is 7.21. The highest BCUT2D eigenvalue weighted by atomic mass is 35.5. The van der Waals surface area contributed by atoms with Gasteiger partial charge in [0.05, 0.1) is 11.6 Å². The lowest BCUT2D eigenvalue weighted by atomic mass is 10.0. The molecular formula is C16H14ClFN2O. The second-order valence-electron chi connectivity index (χ2n) is 5.08. The summed E-state index contributed by atoms with van der Waals surface area (Å²) < 4.78 is 13.0. The number of pyridine rings is 1. The van der Waals surface area contributed by atoms with E-state index in [1.54, 1.807) is 24.3 Å². The highest BCUT2D eigenvalue weighted by Gasteiger charge is 2.30. The standard InChI is InChI=1S/C16H14ClFN2O/c17-15-8-5-12(10-19-15)16(21)20-9-1-2-14(20)11-3-6-13(18)7-4-11/h3-8,10,14H,1-2,9H2. The number of likely N-dealkylation sites (tertiary alicyclic amines) is 1. The summed E-state index contributed by atoms with van der Waals surface area (Å²) in [5.74, 6) is -0.331. The summed E-state index contributed by atoms with van der Waals surface area (Å²) in [4.78, 5) is 18.3. The molecule has 1 aliphatic rings. The Labute approximate surface area is 127 Å². The Morgan fingerprint density at radius 1 is 1.24 bits per heavy atom. The average molecular weight is 305 g/mol.